The lowest BCUT2D eigenvalue weighted by atomic mass is 10.1. The molecule has 30 heavy (non-hydrogen) atoms. The predicted octanol–water partition coefficient (Wildman–Crippen LogP) is 2.85. The summed E-state index contributed by atoms with van der Waals surface area (Å²) in [6.07, 6.45) is 3.32. The molecule has 1 heterocycles. The normalized spacial score (nSPS) is 14.0. The molecule has 1 N–H and O–H groups in total. The van der Waals surface area contributed by atoms with Crippen molar-refractivity contribution in [2.45, 2.75) is 30.6 Å². The van der Waals surface area contributed by atoms with Gasteiger partial charge < -0.3 is 14.4 Å². The van der Waals surface area contributed by atoms with Gasteiger partial charge in [-0.25, -0.2) is 13.1 Å². The van der Waals surface area contributed by atoms with Crippen molar-refractivity contribution in [1.29, 1.82) is 0 Å². The highest BCUT2D eigenvalue weighted by molar-refractivity contribution is 7.89. The van der Waals surface area contributed by atoms with Crippen molar-refractivity contribution >= 4 is 15.9 Å². The van der Waals surface area contributed by atoms with E-state index >= 15 is 0 Å². The lowest BCUT2D eigenvalue weighted by molar-refractivity contribution is 0.0789. The van der Waals surface area contributed by atoms with Gasteiger partial charge in [-0.2, -0.15) is 0 Å². The summed E-state index contributed by atoms with van der Waals surface area (Å²) < 4.78 is 38.5. The molecule has 0 spiro atoms. The largest absolute Gasteiger partial charge is 0.497 e. The van der Waals surface area contributed by atoms with Gasteiger partial charge in [-0.1, -0.05) is 12.1 Å². The van der Waals surface area contributed by atoms with E-state index in [1.165, 1.54) is 25.3 Å². The van der Waals surface area contributed by atoms with E-state index in [0.29, 0.717) is 31.8 Å². The summed E-state index contributed by atoms with van der Waals surface area (Å²) in [4.78, 5) is 14.6. The van der Waals surface area contributed by atoms with Crippen LogP contribution in [-0.2, 0) is 16.4 Å². The van der Waals surface area contributed by atoms with Crippen LogP contribution in [0.25, 0.3) is 0 Å². The lowest BCUT2D eigenvalue weighted by Crippen LogP contribution is -2.29. The number of ether oxygens (including phenoxy) is 2. The summed E-state index contributed by atoms with van der Waals surface area (Å²) in [5, 5.41) is 0. The number of rotatable bonds is 9. The molecule has 7 nitrogen and oxygen atoms in total. The van der Waals surface area contributed by atoms with Crippen LogP contribution in [0.5, 0.6) is 11.5 Å². The highest BCUT2D eigenvalue weighted by atomic mass is 32.2. The number of likely N-dealkylation sites (tertiary alicyclic amines) is 1. The number of sulfonamides is 1. The SMILES string of the molecule is COc1ccc(CCCNS(=O)(=O)c2ccc(OC)c(C(=O)N3CCCC3)c2)cc1. The van der Waals surface area contributed by atoms with Gasteiger partial charge in [0, 0.05) is 19.6 Å². The molecule has 0 radical (unpaired) electrons. The maximum atomic E-state index is 12.8. The second-order valence-electron chi connectivity index (χ2n) is 7.21. The highest BCUT2D eigenvalue weighted by Gasteiger charge is 2.25. The molecule has 3 rings (SSSR count). The Labute approximate surface area is 178 Å². The van der Waals surface area contributed by atoms with E-state index in [0.717, 1.165) is 30.6 Å². The first-order chi connectivity index (χ1) is 14.4. The molecule has 1 saturated heterocycles. The van der Waals surface area contributed by atoms with E-state index in [1.54, 1.807) is 12.0 Å². The molecule has 1 aliphatic heterocycles. The molecule has 0 unspecified atom stereocenters. The minimum absolute atomic E-state index is 0.0651. The van der Waals surface area contributed by atoms with Crippen molar-refractivity contribution in [2.75, 3.05) is 33.9 Å². The number of nitrogens with one attached hydrogen (secondary N) is 1. The molecule has 2 aromatic carbocycles. The minimum atomic E-state index is -3.73. The Balaban J connectivity index is 1.64. The number of nitrogens with zero attached hydrogens (tertiary/aromatic N) is 1. The van der Waals surface area contributed by atoms with E-state index in [4.69, 9.17) is 9.47 Å². The number of carbonyl (C=O) groups is 1. The first kappa shape index (κ1) is 22.1. The number of hydrogen-bond donors (Lipinski definition) is 1. The van der Waals surface area contributed by atoms with Gasteiger partial charge in [-0.15, -0.1) is 0 Å². The smallest absolute Gasteiger partial charge is 0.257 e. The van der Waals surface area contributed by atoms with Gasteiger partial charge in [0.25, 0.3) is 5.91 Å². The average molecular weight is 433 g/mol. The number of amides is 1. The summed E-state index contributed by atoms with van der Waals surface area (Å²) in [5.41, 5.74) is 1.39. The van der Waals surface area contributed by atoms with Crippen LogP contribution in [0.1, 0.15) is 35.2 Å². The van der Waals surface area contributed by atoms with E-state index in [2.05, 4.69) is 4.72 Å². The van der Waals surface area contributed by atoms with E-state index in [1.807, 2.05) is 24.3 Å². The van der Waals surface area contributed by atoms with Crippen molar-refractivity contribution in [3.63, 3.8) is 0 Å². The number of hydrogen-bond acceptors (Lipinski definition) is 5. The molecular formula is C22H28N2O5S. The zero-order valence-corrected chi connectivity index (χ0v) is 18.2. The monoisotopic (exact) mass is 432 g/mol. The Morgan fingerprint density at radius 3 is 2.37 bits per heavy atom. The fourth-order valence-corrected chi connectivity index (χ4v) is 4.59. The Hall–Kier alpha value is -2.58. The van der Waals surface area contributed by atoms with Crippen LogP contribution in [0.2, 0.25) is 0 Å². The number of methoxy groups -OCH3 is 2. The van der Waals surface area contributed by atoms with Crippen LogP contribution in [0.4, 0.5) is 0 Å². The molecule has 0 saturated carbocycles. The van der Waals surface area contributed by atoms with E-state index in [9.17, 15) is 13.2 Å². The van der Waals surface area contributed by atoms with Gasteiger partial charge in [0.2, 0.25) is 10.0 Å². The zero-order chi connectivity index (χ0) is 21.6. The van der Waals surface area contributed by atoms with Crippen molar-refractivity contribution in [1.82, 2.24) is 9.62 Å². The maximum absolute atomic E-state index is 12.8. The predicted molar refractivity (Wildman–Crippen MR) is 115 cm³/mol. The van der Waals surface area contributed by atoms with Gasteiger partial charge in [0.1, 0.15) is 11.5 Å². The molecular weight excluding hydrogens is 404 g/mol. The Morgan fingerprint density at radius 2 is 1.73 bits per heavy atom. The summed E-state index contributed by atoms with van der Waals surface area (Å²) in [6.45, 7) is 1.67. The lowest BCUT2D eigenvalue weighted by Gasteiger charge is -2.18. The molecule has 0 aromatic heterocycles. The van der Waals surface area contributed by atoms with Crippen molar-refractivity contribution in [2.24, 2.45) is 0 Å². The third kappa shape index (κ3) is 5.31. The van der Waals surface area contributed by atoms with Gasteiger partial charge in [-0.3, -0.25) is 4.79 Å². The standard InChI is InChI=1S/C22H28N2O5S/c1-28-18-9-7-17(8-10-18)6-5-13-23-30(26,27)19-11-12-21(29-2)20(16-19)22(25)24-14-3-4-15-24/h7-12,16,23H,3-6,13-15H2,1-2H3. The van der Waals surface area contributed by atoms with E-state index in [-0.39, 0.29) is 16.4 Å². The summed E-state index contributed by atoms with van der Waals surface area (Å²) in [5.74, 6) is 0.976. The number of benzene rings is 2. The Bertz CT molecular complexity index is 968. The first-order valence-electron chi connectivity index (χ1n) is 10.0. The van der Waals surface area contributed by atoms with E-state index < -0.39 is 10.0 Å². The molecule has 0 atom stereocenters. The average Bonchev–Trinajstić information content (AvgIpc) is 3.31. The van der Waals surface area contributed by atoms with Crippen molar-refractivity contribution in [3.05, 3.63) is 53.6 Å². The van der Waals surface area contributed by atoms with Gasteiger partial charge >= 0.3 is 0 Å². The van der Waals surface area contributed by atoms with Crippen molar-refractivity contribution in [3.8, 4) is 11.5 Å². The minimum Gasteiger partial charge on any atom is -0.497 e. The highest BCUT2D eigenvalue weighted by Crippen LogP contribution is 2.25. The van der Waals surface area contributed by atoms with Gasteiger partial charge in [0.15, 0.2) is 0 Å². The fraction of sp³-hybridized carbons (Fsp3) is 0.409. The Morgan fingerprint density at radius 1 is 1.03 bits per heavy atom. The molecule has 162 valence electrons. The van der Waals surface area contributed by atoms with Crippen LogP contribution >= 0.6 is 0 Å². The number of carbonyl (C=O) groups excluding carboxylic acids is 1. The zero-order valence-electron chi connectivity index (χ0n) is 17.4. The summed E-state index contributed by atoms with van der Waals surface area (Å²) in [7, 11) is -0.634. The molecule has 2 aromatic rings. The number of aryl methyl sites for hydroxylation is 1. The molecule has 1 aliphatic rings. The second kappa shape index (κ2) is 9.95. The quantitative estimate of drug-likeness (QED) is 0.616. The van der Waals surface area contributed by atoms with Crippen molar-refractivity contribution < 1.29 is 22.7 Å². The Kier molecular flexibility index (Phi) is 7.33. The van der Waals surface area contributed by atoms with Crippen LogP contribution in [0.3, 0.4) is 0 Å². The fourth-order valence-electron chi connectivity index (χ4n) is 3.49. The maximum Gasteiger partial charge on any atom is 0.257 e. The van der Waals surface area contributed by atoms with Crippen LogP contribution in [-0.4, -0.2) is 53.1 Å². The van der Waals surface area contributed by atoms with Crippen LogP contribution in [0, 0.1) is 0 Å². The molecule has 1 fully saturated rings. The molecule has 0 aliphatic carbocycles. The van der Waals surface area contributed by atoms with Gasteiger partial charge in [-0.05, 0) is 61.6 Å². The molecule has 0 bridgehead atoms. The molecule has 1 amide bonds. The third-order valence-corrected chi connectivity index (χ3v) is 6.66. The second-order valence-corrected chi connectivity index (χ2v) is 8.98. The summed E-state index contributed by atoms with van der Waals surface area (Å²) >= 11 is 0. The molecule has 8 heteroatoms. The first-order valence-corrected chi connectivity index (χ1v) is 11.5. The topological polar surface area (TPSA) is 84.9 Å². The summed E-state index contributed by atoms with van der Waals surface area (Å²) in [6, 6.07) is 12.1. The third-order valence-electron chi connectivity index (χ3n) is 5.20. The van der Waals surface area contributed by atoms with Gasteiger partial charge in [0.05, 0.1) is 24.7 Å². The van der Waals surface area contributed by atoms with Crippen LogP contribution < -0.4 is 14.2 Å². The van der Waals surface area contributed by atoms with Crippen LogP contribution in [0.15, 0.2) is 47.4 Å².